The summed E-state index contributed by atoms with van der Waals surface area (Å²) in [6.45, 7) is 0. The van der Waals surface area contributed by atoms with Gasteiger partial charge in [-0.1, -0.05) is 182 Å². The van der Waals surface area contributed by atoms with Crippen LogP contribution in [0, 0.1) is 0 Å². The van der Waals surface area contributed by atoms with Gasteiger partial charge in [-0.2, -0.15) is 0 Å². The van der Waals surface area contributed by atoms with Crippen LogP contribution in [0.25, 0.3) is 120 Å². The summed E-state index contributed by atoms with van der Waals surface area (Å²) in [4.78, 5) is 10.7. The Hall–Kier alpha value is -7.72. The van der Waals surface area contributed by atoms with Gasteiger partial charge in [0.05, 0.1) is 11.4 Å². The summed E-state index contributed by atoms with van der Waals surface area (Å²) in [5.41, 5.74) is 11.9. The van der Waals surface area contributed by atoms with Crippen LogP contribution in [0.4, 0.5) is 0 Å². The molecule has 12 rings (SSSR count). The van der Waals surface area contributed by atoms with Crippen molar-refractivity contribution in [1.29, 1.82) is 0 Å². The van der Waals surface area contributed by atoms with Crippen LogP contribution >= 0.6 is 11.3 Å². The topological polar surface area (TPSA) is 25.8 Å². The van der Waals surface area contributed by atoms with Gasteiger partial charge >= 0.3 is 0 Å². The van der Waals surface area contributed by atoms with Crippen molar-refractivity contribution in [3.05, 3.63) is 218 Å². The maximum absolute atomic E-state index is 5.35. The van der Waals surface area contributed by atoms with E-state index >= 15 is 0 Å². The fraction of sp³-hybridized carbons (Fsp3) is 0. The molecule has 0 amide bonds. The van der Waals surface area contributed by atoms with E-state index in [1.54, 1.807) is 0 Å². The van der Waals surface area contributed by atoms with E-state index in [0.29, 0.717) is 5.82 Å². The molecule has 10 aromatic carbocycles. The quantitative estimate of drug-likeness (QED) is 0.124. The van der Waals surface area contributed by atoms with E-state index in [4.69, 9.17) is 9.97 Å². The molecule has 12 aromatic rings. The highest BCUT2D eigenvalue weighted by Crippen LogP contribution is 2.41. The molecule has 3 heteroatoms. The standard InChI is InChI=1S/C58H36N2S/c1-2-13-37(14-3-1)45-19-8-9-22-48(45)54-36-53(44-18-12-17-41(33-44)42-30-32-56-52(34-42)49-23-10-11-24-55(49)61-56)59-58(60-54)40-27-25-39(26-28-40)57-47-21-7-5-16-43(47)35-51-46-20-6-4-15-38(46)29-31-50(51)57/h1-36H. The third-order valence-electron chi connectivity index (χ3n) is 12.1. The fourth-order valence-electron chi connectivity index (χ4n) is 9.12. The van der Waals surface area contributed by atoms with Crippen LogP contribution in [0.15, 0.2) is 218 Å². The average molecular weight is 793 g/mol. The van der Waals surface area contributed by atoms with E-state index in [1.807, 2.05) is 11.3 Å². The molecular weight excluding hydrogens is 757 g/mol. The molecule has 0 saturated carbocycles. The van der Waals surface area contributed by atoms with E-state index in [0.717, 1.165) is 50.3 Å². The zero-order valence-electron chi connectivity index (χ0n) is 33.1. The van der Waals surface area contributed by atoms with E-state index in [1.165, 1.54) is 63.6 Å². The summed E-state index contributed by atoms with van der Waals surface area (Å²) in [6, 6.07) is 78.7. The van der Waals surface area contributed by atoms with Gasteiger partial charge < -0.3 is 0 Å². The predicted molar refractivity (Wildman–Crippen MR) is 260 cm³/mol. The molecule has 0 atom stereocenters. The molecule has 0 aliphatic carbocycles. The molecule has 2 nitrogen and oxygen atoms in total. The zero-order valence-corrected chi connectivity index (χ0v) is 33.9. The van der Waals surface area contributed by atoms with Crippen molar-refractivity contribution in [1.82, 2.24) is 9.97 Å². The van der Waals surface area contributed by atoms with E-state index < -0.39 is 0 Å². The number of hydrogen-bond acceptors (Lipinski definition) is 3. The largest absolute Gasteiger partial charge is 0.228 e. The molecule has 0 spiro atoms. The van der Waals surface area contributed by atoms with E-state index in [2.05, 4.69) is 218 Å². The minimum atomic E-state index is 0.687. The van der Waals surface area contributed by atoms with Crippen molar-refractivity contribution < 1.29 is 0 Å². The summed E-state index contributed by atoms with van der Waals surface area (Å²) in [7, 11) is 0. The Morgan fingerprint density at radius 3 is 1.77 bits per heavy atom. The smallest absolute Gasteiger partial charge is 0.160 e. The Labute approximate surface area is 357 Å². The van der Waals surface area contributed by atoms with Crippen LogP contribution in [0.3, 0.4) is 0 Å². The van der Waals surface area contributed by atoms with Crippen molar-refractivity contribution in [3.8, 4) is 67.3 Å². The minimum Gasteiger partial charge on any atom is -0.228 e. The van der Waals surface area contributed by atoms with Gasteiger partial charge in [-0.3, -0.25) is 0 Å². The molecule has 61 heavy (non-hydrogen) atoms. The Bertz CT molecular complexity index is 3640. The average Bonchev–Trinajstić information content (AvgIpc) is 3.71. The lowest BCUT2D eigenvalue weighted by Gasteiger charge is -2.15. The lowest BCUT2D eigenvalue weighted by Crippen LogP contribution is -1.97. The first-order valence-electron chi connectivity index (χ1n) is 20.7. The van der Waals surface area contributed by atoms with Crippen LogP contribution in [-0.4, -0.2) is 9.97 Å². The maximum Gasteiger partial charge on any atom is 0.160 e. The fourth-order valence-corrected chi connectivity index (χ4v) is 10.2. The third-order valence-corrected chi connectivity index (χ3v) is 13.2. The number of nitrogens with zero attached hydrogens (tertiary/aromatic N) is 2. The molecule has 0 bridgehead atoms. The molecule has 284 valence electrons. The Balaban J connectivity index is 1.01. The van der Waals surface area contributed by atoms with Crippen LogP contribution < -0.4 is 0 Å². The summed E-state index contributed by atoms with van der Waals surface area (Å²) in [5.74, 6) is 0.687. The second-order valence-corrected chi connectivity index (χ2v) is 16.8. The van der Waals surface area contributed by atoms with Crippen molar-refractivity contribution in [2.45, 2.75) is 0 Å². The first kappa shape index (κ1) is 35.2. The number of aromatic nitrogens is 2. The normalized spacial score (nSPS) is 11.6. The van der Waals surface area contributed by atoms with Gasteiger partial charge in [-0.15, -0.1) is 11.3 Å². The van der Waals surface area contributed by atoms with Crippen LogP contribution in [-0.2, 0) is 0 Å². The number of rotatable bonds is 6. The molecule has 2 aromatic heterocycles. The second kappa shape index (κ2) is 14.5. The molecule has 0 radical (unpaired) electrons. The van der Waals surface area contributed by atoms with Crippen LogP contribution in [0.5, 0.6) is 0 Å². The first-order valence-corrected chi connectivity index (χ1v) is 21.5. The molecule has 2 heterocycles. The number of thiophene rings is 1. The van der Waals surface area contributed by atoms with E-state index in [-0.39, 0.29) is 0 Å². The highest BCUT2D eigenvalue weighted by Gasteiger charge is 2.17. The van der Waals surface area contributed by atoms with E-state index in [9.17, 15) is 0 Å². The maximum atomic E-state index is 5.35. The number of fused-ring (bicyclic) bond motifs is 7. The summed E-state index contributed by atoms with van der Waals surface area (Å²) >= 11 is 1.85. The highest BCUT2D eigenvalue weighted by molar-refractivity contribution is 7.25. The third kappa shape index (κ3) is 6.18. The molecule has 0 aliphatic rings. The minimum absolute atomic E-state index is 0.687. The molecule has 0 fully saturated rings. The summed E-state index contributed by atoms with van der Waals surface area (Å²) < 4.78 is 2.61. The van der Waals surface area contributed by atoms with Crippen molar-refractivity contribution in [2.24, 2.45) is 0 Å². The highest BCUT2D eigenvalue weighted by atomic mass is 32.1. The summed E-state index contributed by atoms with van der Waals surface area (Å²) in [6.07, 6.45) is 0. The lowest BCUT2D eigenvalue weighted by molar-refractivity contribution is 1.18. The molecule has 0 saturated heterocycles. The second-order valence-electron chi connectivity index (χ2n) is 15.7. The van der Waals surface area contributed by atoms with Gasteiger partial charge in [-0.25, -0.2) is 9.97 Å². The summed E-state index contributed by atoms with van der Waals surface area (Å²) in [5, 5.41) is 10.1. The first-order chi connectivity index (χ1) is 30.2. The molecule has 0 aliphatic heterocycles. The van der Waals surface area contributed by atoms with Gasteiger partial charge in [0.2, 0.25) is 0 Å². The Morgan fingerprint density at radius 2 is 0.902 bits per heavy atom. The zero-order chi connectivity index (χ0) is 40.3. The van der Waals surface area contributed by atoms with Crippen molar-refractivity contribution in [2.75, 3.05) is 0 Å². The SMILES string of the molecule is c1ccc(-c2ccccc2-c2cc(-c3cccc(-c4ccc5sc6ccccc6c5c4)c3)nc(-c3ccc(-c4c5ccccc5cc5c4ccc4ccccc45)cc3)n2)cc1. The van der Waals surface area contributed by atoms with Gasteiger partial charge in [0.25, 0.3) is 0 Å². The van der Waals surface area contributed by atoms with Gasteiger partial charge in [-0.05, 0) is 102 Å². The number of benzene rings is 10. The number of hydrogen-bond donors (Lipinski definition) is 0. The monoisotopic (exact) mass is 792 g/mol. The lowest BCUT2D eigenvalue weighted by atomic mass is 9.89. The van der Waals surface area contributed by atoms with Crippen LogP contribution in [0.1, 0.15) is 0 Å². The van der Waals surface area contributed by atoms with Crippen molar-refractivity contribution >= 4 is 63.8 Å². The predicted octanol–water partition coefficient (Wildman–Crippen LogP) is 16.3. The van der Waals surface area contributed by atoms with Crippen LogP contribution in [0.2, 0.25) is 0 Å². The molecule has 0 unspecified atom stereocenters. The molecular formula is C58H36N2S. The van der Waals surface area contributed by atoms with Gasteiger partial charge in [0.15, 0.2) is 5.82 Å². The van der Waals surface area contributed by atoms with Gasteiger partial charge in [0.1, 0.15) is 0 Å². The van der Waals surface area contributed by atoms with Gasteiger partial charge in [0, 0.05) is 36.9 Å². The Morgan fingerprint density at radius 1 is 0.279 bits per heavy atom. The Kier molecular flexibility index (Phi) is 8.39. The molecule has 0 N–H and O–H groups in total. The van der Waals surface area contributed by atoms with Crippen molar-refractivity contribution in [3.63, 3.8) is 0 Å².